The van der Waals surface area contributed by atoms with Crippen molar-refractivity contribution >= 4 is 16.9 Å². The Kier molecular flexibility index (Phi) is 3.66. The Balaban J connectivity index is 2.78. The number of carbonyl (C=O) groups is 1. The molecule has 1 aromatic carbocycles. The molecule has 4 nitrogen and oxygen atoms in total. The fraction of sp³-hybridized carbons (Fsp3) is 0.375. The summed E-state index contributed by atoms with van der Waals surface area (Å²) in [6.07, 6.45) is 0.253. The van der Waals surface area contributed by atoms with E-state index in [0.717, 1.165) is 27.6 Å². The summed E-state index contributed by atoms with van der Waals surface area (Å²) in [4.78, 5) is 23.2. The van der Waals surface area contributed by atoms with Gasteiger partial charge in [-0.2, -0.15) is 0 Å². The van der Waals surface area contributed by atoms with E-state index in [1.54, 1.807) is 11.6 Å². The van der Waals surface area contributed by atoms with E-state index in [9.17, 15) is 9.59 Å². The fourth-order valence-corrected chi connectivity index (χ4v) is 2.69. The van der Waals surface area contributed by atoms with Crippen molar-refractivity contribution in [2.45, 2.75) is 33.6 Å². The second-order valence-corrected chi connectivity index (χ2v) is 5.27. The number of benzene rings is 1. The van der Waals surface area contributed by atoms with E-state index in [-0.39, 0.29) is 18.4 Å². The Morgan fingerprint density at radius 2 is 1.85 bits per heavy atom. The van der Waals surface area contributed by atoms with Crippen LogP contribution in [0.15, 0.2) is 16.9 Å². The zero-order valence-corrected chi connectivity index (χ0v) is 12.3. The first-order valence-corrected chi connectivity index (χ1v) is 6.64. The molecule has 4 heteroatoms. The predicted octanol–water partition coefficient (Wildman–Crippen LogP) is 2.48. The molecule has 0 bridgehead atoms. The van der Waals surface area contributed by atoms with Crippen LogP contribution >= 0.6 is 0 Å². The molecule has 20 heavy (non-hydrogen) atoms. The fourth-order valence-electron chi connectivity index (χ4n) is 2.69. The molecule has 0 atom stereocenters. The Labute approximate surface area is 117 Å². The number of hydrogen-bond donors (Lipinski definition) is 1. The number of hydrogen-bond acceptors (Lipinski definition) is 2. The van der Waals surface area contributed by atoms with Crippen molar-refractivity contribution in [1.29, 1.82) is 0 Å². The third-order valence-corrected chi connectivity index (χ3v) is 4.05. The molecular formula is C16H19NO3. The highest BCUT2D eigenvalue weighted by atomic mass is 16.4. The third-order valence-electron chi connectivity index (χ3n) is 4.05. The minimum Gasteiger partial charge on any atom is -0.481 e. The monoisotopic (exact) mass is 273 g/mol. The lowest BCUT2D eigenvalue weighted by molar-refractivity contribution is -0.136. The SMILES string of the molecule is Cc1ccc2c(C)c(CCC(=O)O)c(=O)n(C)c2c1C. The summed E-state index contributed by atoms with van der Waals surface area (Å²) >= 11 is 0. The number of carboxylic acid groups (broad SMARTS) is 1. The number of aryl methyl sites for hydroxylation is 4. The normalized spacial score (nSPS) is 11.0. The van der Waals surface area contributed by atoms with Crippen LogP contribution < -0.4 is 5.56 Å². The van der Waals surface area contributed by atoms with Crippen molar-refractivity contribution in [2.24, 2.45) is 7.05 Å². The van der Waals surface area contributed by atoms with Gasteiger partial charge in [0.05, 0.1) is 5.52 Å². The van der Waals surface area contributed by atoms with Crippen LogP contribution in [0.3, 0.4) is 0 Å². The van der Waals surface area contributed by atoms with Crippen LogP contribution in [0.5, 0.6) is 0 Å². The van der Waals surface area contributed by atoms with Gasteiger partial charge in [0.25, 0.3) is 5.56 Å². The molecular weight excluding hydrogens is 254 g/mol. The average molecular weight is 273 g/mol. The van der Waals surface area contributed by atoms with Crippen LogP contribution in [0.1, 0.15) is 28.7 Å². The molecule has 2 rings (SSSR count). The second-order valence-electron chi connectivity index (χ2n) is 5.27. The van der Waals surface area contributed by atoms with Crippen molar-refractivity contribution in [3.63, 3.8) is 0 Å². The summed E-state index contributed by atoms with van der Waals surface area (Å²) in [6, 6.07) is 4.05. The van der Waals surface area contributed by atoms with Crippen molar-refractivity contribution in [3.8, 4) is 0 Å². The maximum atomic E-state index is 12.4. The zero-order valence-electron chi connectivity index (χ0n) is 12.3. The van der Waals surface area contributed by atoms with E-state index in [1.165, 1.54) is 0 Å². The minimum absolute atomic E-state index is 0.0214. The first-order chi connectivity index (χ1) is 9.34. The van der Waals surface area contributed by atoms with Crippen LogP contribution in [-0.2, 0) is 18.3 Å². The molecule has 0 saturated carbocycles. The van der Waals surface area contributed by atoms with Gasteiger partial charge in [-0.1, -0.05) is 12.1 Å². The van der Waals surface area contributed by atoms with Gasteiger partial charge in [0, 0.05) is 24.4 Å². The van der Waals surface area contributed by atoms with Crippen molar-refractivity contribution in [2.75, 3.05) is 0 Å². The molecule has 0 amide bonds. The van der Waals surface area contributed by atoms with E-state index in [1.807, 2.05) is 32.9 Å². The Hall–Kier alpha value is -2.10. The van der Waals surface area contributed by atoms with Crippen LogP contribution in [0.2, 0.25) is 0 Å². The topological polar surface area (TPSA) is 59.3 Å². The number of aromatic nitrogens is 1. The van der Waals surface area contributed by atoms with Crippen LogP contribution in [0, 0.1) is 20.8 Å². The molecule has 0 unspecified atom stereocenters. The summed E-state index contributed by atoms with van der Waals surface area (Å²) in [7, 11) is 1.75. The molecule has 0 spiro atoms. The van der Waals surface area contributed by atoms with Gasteiger partial charge in [-0.05, 0) is 43.9 Å². The number of nitrogens with zero attached hydrogens (tertiary/aromatic N) is 1. The number of rotatable bonds is 3. The van der Waals surface area contributed by atoms with Crippen molar-refractivity contribution in [3.05, 3.63) is 44.7 Å². The summed E-state index contributed by atoms with van der Waals surface area (Å²) in [5.74, 6) is -0.883. The zero-order chi connectivity index (χ0) is 15.0. The minimum atomic E-state index is -0.883. The van der Waals surface area contributed by atoms with E-state index in [2.05, 4.69) is 0 Å². The highest BCUT2D eigenvalue weighted by Gasteiger charge is 2.15. The van der Waals surface area contributed by atoms with Gasteiger partial charge < -0.3 is 9.67 Å². The van der Waals surface area contributed by atoms with Gasteiger partial charge in [-0.15, -0.1) is 0 Å². The quantitative estimate of drug-likeness (QED) is 0.934. The number of aliphatic carboxylic acids is 1. The number of pyridine rings is 1. The maximum Gasteiger partial charge on any atom is 0.303 e. The molecule has 0 fully saturated rings. The molecule has 0 aliphatic heterocycles. The molecule has 1 heterocycles. The number of fused-ring (bicyclic) bond motifs is 1. The summed E-state index contributed by atoms with van der Waals surface area (Å²) in [6.45, 7) is 5.93. The van der Waals surface area contributed by atoms with Gasteiger partial charge >= 0.3 is 5.97 Å². The van der Waals surface area contributed by atoms with Gasteiger partial charge in [-0.3, -0.25) is 9.59 Å². The largest absolute Gasteiger partial charge is 0.481 e. The Morgan fingerprint density at radius 3 is 2.45 bits per heavy atom. The average Bonchev–Trinajstić information content (AvgIpc) is 2.39. The van der Waals surface area contributed by atoms with Gasteiger partial charge in [0.1, 0.15) is 0 Å². The lowest BCUT2D eigenvalue weighted by Gasteiger charge is -2.15. The van der Waals surface area contributed by atoms with Crippen LogP contribution in [0.4, 0.5) is 0 Å². The smallest absolute Gasteiger partial charge is 0.303 e. The molecule has 0 aliphatic carbocycles. The summed E-state index contributed by atoms with van der Waals surface area (Å²) in [5, 5.41) is 9.83. The van der Waals surface area contributed by atoms with E-state index in [0.29, 0.717) is 5.56 Å². The molecule has 0 saturated heterocycles. The first-order valence-electron chi connectivity index (χ1n) is 6.64. The summed E-state index contributed by atoms with van der Waals surface area (Å²) < 4.78 is 1.64. The molecule has 1 aromatic heterocycles. The van der Waals surface area contributed by atoms with Crippen LogP contribution in [-0.4, -0.2) is 15.6 Å². The molecule has 0 aliphatic rings. The molecule has 2 aromatic rings. The van der Waals surface area contributed by atoms with Crippen LogP contribution in [0.25, 0.3) is 10.9 Å². The van der Waals surface area contributed by atoms with E-state index < -0.39 is 5.97 Å². The van der Waals surface area contributed by atoms with Gasteiger partial charge in [-0.25, -0.2) is 0 Å². The molecule has 0 radical (unpaired) electrons. The van der Waals surface area contributed by atoms with E-state index in [4.69, 9.17) is 5.11 Å². The second kappa shape index (κ2) is 5.12. The Bertz CT molecular complexity index is 757. The standard InChI is InChI=1S/C16H19NO3/c1-9-5-6-12-11(3)13(7-8-14(18)19)16(20)17(4)15(12)10(9)2/h5-6H,7-8H2,1-4H3,(H,18,19). The number of carboxylic acids is 1. The highest BCUT2D eigenvalue weighted by molar-refractivity contribution is 5.87. The van der Waals surface area contributed by atoms with Gasteiger partial charge in [0.15, 0.2) is 0 Å². The van der Waals surface area contributed by atoms with Crippen molar-refractivity contribution < 1.29 is 9.90 Å². The maximum absolute atomic E-state index is 12.4. The summed E-state index contributed by atoms with van der Waals surface area (Å²) in [5.41, 5.74) is 4.58. The predicted molar refractivity (Wildman–Crippen MR) is 79.4 cm³/mol. The van der Waals surface area contributed by atoms with E-state index >= 15 is 0 Å². The lowest BCUT2D eigenvalue weighted by Crippen LogP contribution is -2.24. The molecule has 1 N–H and O–H groups in total. The Morgan fingerprint density at radius 1 is 1.20 bits per heavy atom. The van der Waals surface area contributed by atoms with Crippen molar-refractivity contribution in [1.82, 2.24) is 4.57 Å². The van der Waals surface area contributed by atoms with Gasteiger partial charge in [0.2, 0.25) is 0 Å². The third kappa shape index (κ3) is 2.22. The molecule has 106 valence electrons. The first kappa shape index (κ1) is 14.3. The highest BCUT2D eigenvalue weighted by Crippen LogP contribution is 2.24. The lowest BCUT2D eigenvalue weighted by atomic mass is 9.97.